The van der Waals surface area contributed by atoms with Crippen LogP contribution in [0.2, 0.25) is 0 Å². The van der Waals surface area contributed by atoms with Gasteiger partial charge in [0.1, 0.15) is 10.3 Å². The first kappa shape index (κ1) is 15.1. The van der Waals surface area contributed by atoms with Crippen LogP contribution in [0.4, 0.5) is 0 Å². The van der Waals surface area contributed by atoms with Crippen LogP contribution in [0.5, 0.6) is 0 Å². The third-order valence-corrected chi connectivity index (χ3v) is 4.74. The molecule has 1 aromatic heterocycles. The number of aliphatic imine (C=N–C) groups is 2. The smallest absolute Gasteiger partial charge is 0.172 e. The molecule has 2 aromatic rings. The third-order valence-electron chi connectivity index (χ3n) is 3.94. The summed E-state index contributed by atoms with van der Waals surface area (Å²) in [6.07, 6.45) is 3.63. The Labute approximate surface area is 149 Å². The second-order valence-electron chi connectivity index (χ2n) is 5.54. The van der Waals surface area contributed by atoms with Crippen LogP contribution in [0.1, 0.15) is 11.1 Å². The van der Waals surface area contributed by atoms with Crippen molar-refractivity contribution >= 4 is 33.3 Å². The minimum absolute atomic E-state index is 0.666. The first-order valence-corrected chi connectivity index (χ1v) is 8.61. The number of nitrogens with one attached hydrogen (secondary N) is 1. The lowest BCUT2D eigenvalue weighted by molar-refractivity contribution is 0.602. The van der Waals surface area contributed by atoms with Crippen molar-refractivity contribution in [3.63, 3.8) is 0 Å². The molecule has 0 saturated heterocycles. The largest absolute Gasteiger partial charge is 0.363 e. The monoisotopic (exact) mass is 381 g/mol. The minimum atomic E-state index is 0.666. The van der Waals surface area contributed by atoms with Crippen LogP contribution in [0.25, 0.3) is 5.70 Å². The molecule has 2 aliphatic heterocycles. The lowest BCUT2D eigenvalue weighted by Gasteiger charge is -2.27. The molecular formula is C18H16BrN5. The quantitative estimate of drug-likeness (QED) is 0.831. The van der Waals surface area contributed by atoms with Gasteiger partial charge in [-0.3, -0.25) is 9.98 Å². The van der Waals surface area contributed by atoms with E-state index in [0.717, 1.165) is 46.2 Å². The van der Waals surface area contributed by atoms with Crippen LogP contribution in [-0.4, -0.2) is 34.6 Å². The van der Waals surface area contributed by atoms with Crippen LogP contribution in [0, 0.1) is 0 Å². The molecule has 0 fully saturated rings. The van der Waals surface area contributed by atoms with Crippen molar-refractivity contribution in [1.82, 2.24) is 15.2 Å². The van der Waals surface area contributed by atoms with Crippen molar-refractivity contribution in [2.75, 3.05) is 13.1 Å². The van der Waals surface area contributed by atoms with Crippen molar-refractivity contribution in [3.8, 4) is 0 Å². The van der Waals surface area contributed by atoms with E-state index in [2.05, 4.69) is 48.3 Å². The maximum atomic E-state index is 4.84. The van der Waals surface area contributed by atoms with E-state index >= 15 is 0 Å². The summed E-state index contributed by atoms with van der Waals surface area (Å²) in [6.45, 7) is 2.30. The fraction of sp³-hybridized carbons (Fsp3) is 0.167. The predicted molar refractivity (Wildman–Crippen MR) is 99.8 cm³/mol. The van der Waals surface area contributed by atoms with Crippen LogP contribution >= 0.6 is 15.9 Å². The van der Waals surface area contributed by atoms with Gasteiger partial charge < -0.3 is 10.2 Å². The SMILES string of the molecule is BrC1=C(c2ccccc2)N=C(NCc2cccnc2)C2=NCCN21. The molecule has 0 radical (unpaired) electrons. The maximum absolute atomic E-state index is 4.84. The molecule has 3 heterocycles. The topological polar surface area (TPSA) is 52.9 Å². The average Bonchev–Trinajstić information content (AvgIpc) is 3.13. The molecule has 0 amide bonds. The minimum Gasteiger partial charge on any atom is -0.363 e. The molecule has 24 heavy (non-hydrogen) atoms. The van der Waals surface area contributed by atoms with Gasteiger partial charge in [-0.1, -0.05) is 36.4 Å². The zero-order valence-corrected chi connectivity index (χ0v) is 14.6. The number of pyridine rings is 1. The Kier molecular flexibility index (Phi) is 4.13. The third kappa shape index (κ3) is 2.85. The number of hydrogen-bond donors (Lipinski definition) is 1. The number of benzene rings is 1. The molecular weight excluding hydrogens is 366 g/mol. The Hall–Kier alpha value is -2.47. The molecule has 2 aliphatic rings. The number of halogens is 1. The Bertz CT molecular complexity index is 827. The summed E-state index contributed by atoms with van der Waals surface area (Å²) in [5.41, 5.74) is 3.11. The van der Waals surface area contributed by atoms with E-state index in [1.165, 1.54) is 0 Å². The molecule has 5 nitrogen and oxygen atoms in total. The summed E-state index contributed by atoms with van der Waals surface area (Å²) < 4.78 is 0.969. The van der Waals surface area contributed by atoms with E-state index in [-0.39, 0.29) is 0 Å². The van der Waals surface area contributed by atoms with Gasteiger partial charge in [-0.2, -0.15) is 0 Å². The lowest BCUT2D eigenvalue weighted by atomic mass is 10.1. The molecule has 120 valence electrons. The molecule has 6 heteroatoms. The number of nitrogens with zero attached hydrogens (tertiary/aromatic N) is 4. The Balaban J connectivity index is 1.66. The number of fused-ring (bicyclic) bond motifs is 1. The zero-order valence-electron chi connectivity index (χ0n) is 13.0. The lowest BCUT2D eigenvalue weighted by Crippen LogP contribution is -2.42. The van der Waals surface area contributed by atoms with E-state index in [4.69, 9.17) is 4.99 Å². The molecule has 0 bridgehead atoms. The van der Waals surface area contributed by atoms with Gasteiger partial charge in [0.25, 0.3) is 0 Å². The Morgan fingerprint density at radius 2 is 2.00 bits per heavy atom. The summed E-state index contributed by atoms with van der Waals surface area (Å²) in [4.78, 5) is 15.8. The molecule has 1 N–H and O–H groups in total. The van der Waals surface area contributed by atoms with Crippen molar-refractivity contribution in [2.45, 2.75) is 6.54 Å². The molecule has 0 aliphatic carbocycles. The highest BCUT2D eigenvalue weighted by Gasteiger charge is 2.30. The second-order valence-corrected chi connectivity index (χ2v) is 6.29. The number of hydrogen-bond acceptors (Lipinski definition) is 5. The molecule has 0 saturated carbocycles. The highest BCUT2D eigenvalue weighted by molar-refractivity contribution is 9.11. The van der Waals surface area contributed by atoms with Crippen molar-refractivity contribution in [3.05, 3.63) is 70.6 Å². The van der Waals surface area contributed by atoms with E-state index in [0.29, 0.717) is 6.54 Å². The van der Waals surface area contributed by atoms with Crippen molar-refractivity contribution < 1.29 is 0 Å². The normalized spacial score (nSPS) is 16.6. The van der Waals surface area contributed by atoms with Gasteiger partial charge in [-0.15, -0.1) is 0 Å². The van der Waals surface area contributed by atoms with Crippen LogP contribution < -0.4 is 5.32 Å². The zero-order chi connectivity index (χ0) is 16.4. The van der Waals surface area contributed by atoms with E-state index in [1.807, 2.05) is 36.5 Å². The van der Waals surface area contributed by atoms with Gasteiger partial charge in [0, 0.05) is 31.0 Å². The standard InChI is InChI=1S/C18H16BrN5/c19-16-15(14-6-2-1-3-7-14)23-17(18-21-9-10-24(16)18)22-12-13-5-4-8-20-11-13/h1-8,11H,9-10,12H2,(H,22,23). The summed E-state index contributed by atoms with van der Waals surface area (Å²) >= 11 is 3.70. The molecule has 4 rings (SSSR count). The summed E-state index contributed by atoms with van der Waals surface area (Å²) in [5, 5.41) is 3.41. The van der Waals surface area contributed by atoms with Crippen molar-refractivity contribution in [1.29, 1.82) is 0 Å². The van der Waals surface area contributed by atoms with Gasteiger partial charge in [-0.25, -0.2) is 4.99 Å². The Morgan fingerprint density at radius 1 is 1.12 bits per heavy atom. The van der Waals surface area contributed by atoms with Crippen LogP contribution in [-0.2, 0) is 6.54 Å². The fourth-order valence-electron chi connectivity index (χ4n) is 2.76. The van der Waals surface area contributed by atoms with Gasteiger partial charge in [0.2, 0.25) is 0 Å². The van der Waals surface area contributed by atoms with Gasteiger partial charge in [0.05, 0.1) is 6.54 Å². The summed E-state index contributed by atoms with van der Waals surface area (Å²) in [6, 6.07) is 14.2. The second kappa shape index (κ2) is 6.57. The summed E-state index contributed by atoms with van der Waals surface area (Å²) in [5.74, 6) is 1.70. The maximum Gasteiger partial charge on any atom is 0.172 e. The predicted octanol–water partition coefficient (Wildman–Crippen LogP) is 3.02. The van der Waals surface area contributed by atoms with Crippen molar-refractivity contribution in [2.24, 2.45) is 9.98 Å². The molecule has 0 spiro atoms. The van der Waals surface area contributed by atoms with Crippen LogP contribution in [0.3, 0.4) is 0 Å². The van der Waals surface area contributed by atoms with Crippen LogP contribution in [0.15, 0.2) is 69.4 Å². The summed E-state index contributed by atoms with van der Waals surface area (Å²) in [7, 11) is 0. The average molecular weight is 382 g/mol. The van der Waals surface area contributed by atoms with Gasteiger partial charge in [0.15, 0.2) is 11.7 Å². The first-order chi connectivity index (χ1) is 11.8. The first-order valence-electron chi connectivity index (χ1n) is 7.82. The highest BCUT2D eigenvalue weighted by atomic mass is 79.9. The molecule has 0 unspecified atom stereocenters. The fourth-order valence-corrected chi connectivity index (χ4v) is 3.43. The van der Waals surface area contributed by atoms with Gasteiger partial charge in [-0.05, 0) is 27.6 Å². The van der Waals surface area contributed by atoms with E-state index in [1.54, 1.807) is 6.20 Å². The Morgan fingerprint density at radius 3 is 2.79 bits per heavy atom. The highest BCUT2D eigenvalue weighted by Crippen LogP contribution is 2.32. The van der Waals surface area contributed by atoms with Gasteiger partial charge >= 0.3 is 0 Å². The molecule has 0 atom stereocenters. The number of aromatic nitrogens is 1. The van der Waals surface area contributed by atoms with E-state index < -0.39 is 0 Å². The number of rotatable bonds is 3. The molecule has 1 aromatic carbocycles. The number of amidine groups is 2. The van der Waals surface area contributed by atoms with E-state index in [9.17, 15) is 0 Å².